The van der Waals surface area contributed by atoms with Crippen LogP contribution in [-0.2, 0) is 0 Å². The molecule has 1 aliphatic carbocycles. The van der Waals surface area contributed by atoms with E-state index >= 15 is 0 Å². The fraction of sp³-hybridized carbons (Fsp3) is 1.00. The van der Waals surface area contributed by atoms with Gasteiger partial charge in [-0.25, -0.2) is 0 Å². The van der Waals surface area contributed by atoms with E-state index in [-0.39, 0.29) is 0 Å². The molecule has 1 rings (SSSR count). The molecule has 0 heterocycles. The van der Waals surface area contributed by atoms with E-state index < -0.39 is 0 Å². The lowest BCUT2D eigenvalue weighted by molar-refractivity contribution is 0.855. The predicted molar refractivity (Wildman–Crippen MR) is 43.1 cm³/mol. The highest BCUT2D eigenvalue weighted by Crippen LogP contribution is 2.29. The largest absolute Gasteiger partial charge is 0.368 e. The molecule has 0 aromatic rings. The molecule has 0 amide bonds. The minimum absolute atomic E-state index is 0.388. The molecule has 0 N–H and O–H groups in total. The van der Waals surface area contributed by atoms with Crippen LogP contribution in [0.2, 0.25) is 8.60 Å². The highest BCUT2D eigenvalue weighted by molar-refractivity contribution is 6.37. The summed E-state index contributed by atoms with van der Waals surface area (Å²) in [7, 11) is 0. The first kappa shape index (κ1) is 7.87. The second-order valence-corrected chi connectivity index (χ2v) is 5.73. The molecule has 1 heteroatoms. The van der Waals surface area contributed by atoms with Crippen LogP contribution in [0, 0.1) is 0 Å². The van der Waals surface area contributed by atoms with Crippen LogP contribution in [0.25, 0.3) is 0 Å². The van der Waals surface area contributed by atoms with Crippen LogP contribution in [0.5, 0.6) is 0 Å². The Morgan fingerprint density at radius 3 is 2.56 bits per heavy atom. The van der Waals surface area contributed by atoms with Crippen molar-refractivity contribution in [3.8, 4) is 0 Å². The third kappa shape index (κ3) is 2.90. The summed E-state index contributed by atoms with van der Waals surface area (Å²) in [5.74, 6) is 0. The molecule has 0 atom stereocenters. The molecule has 1 saturated carbocycles. The molecule has 0 aromatic carbocycles. The third-order valence-electron chi connectivity index (χ3n) is 2.44. The molecule has 1 aliphatic rings. The van der Waals surface area contributed by atoms with E-state index in [4.69, 9.17) is 0 Å². The molecule has 0 aromatic heterocycles. The maximum absolute atomic E-state index is 2.32. The summed E-state index contributed by atoms with van der Waals surface area (Å²) in [5.41, 5.74) is 0. The monoisotopic (exact) mass is 136 g/mol. The standard InChI is InChI=1S/C5H9.C3H7.Mg/c1-2-4-5-3-1;1-3-2;/h1H,2-5H2;1,3H2,2H3;. The van der Waals surface area contributed by atoms with Crippen LogP contribution in [0.3, 0.4) is 0 Å². The second kappa shape index (κ2) is 4.56. The van der Waals surface area contributed by atoms with Crippen molar-refractivity contribution in [2.24, 2.45) is 0 Å². The fourth-order valence-corrected chi connectivity index (χ4v) is 3.93. The Kier molecular flexibility index (Phi) is 3.99. The van der Waals surface area contributed by atoms with Gasteiger partial charge in [-0.3, -0.25) is 0 Å². The van der Waals surface area contributed by atoms with E-state index in [9.17, 15) is 0 Å². The van der Waals surface area contributed by atoms with E-state index in [0.717, 1.165) is 0 Å². The average molecular weight is 137 g/mol. The topological polar surface area (TPSA) is 0 Å². The average Bonchev–Trinajstić information content (AvgIpc) is 2.34. The first-order chi connectivity index (χ1) is 4.43. The number of hydrogen-bond acceptors (Lipinski definition) is 0. The molecule has 0 aliphatic heterocycles. The van der Waals surface area contributed by atoms with Crippen molar-refractivity contribution in [3.63, 3.8) is 0 Å². The van der Waals surface area contributed by atoms with E-state index in [1.807, 2.05) is 0 Å². The Labute approximate surface area is 68.1 Å². The summed E-state index contributed by atoms with van der Waals surface area (Å²) in [6.45, 7) is 2.32. The zero-order valence-corrected chi connectivity index (χ0v) is 7.94. The van der Waals surface area contributed by atoms with Crippen molar-refractivity contribution in [1.82, 2.24) is 0 Å². The van der Waals surface area contributed by atoms with E-state index in [2.05, 4.69) is 6.92 Å². The second-order valence-electron chi connectivity index (χ2n) is 3.29. The van der Waals surface area contributed by atoms with Gasteiger partial charge in [0, 0.05) is 0 Å². The summed E-state index contributed by atoms with van der Waals surface area (Å²) >= 11 is 0.388. The summed E-state index contributed by atoms with van der Waals surface area (Å²) in [4.78, 5) is 0. The molecule has 0 radical (unpaired) electrons. The van der Waals surface area contributed by atoms with Crippen molar-refractivity contribution in [2.45, 2.75) is 47.6 Å². The van der Waals surface area contributed by atoms with E-state index in [1.165, 1.54) is 10.5 Å². The van der Waals surface area contributed by atoms with Crippen LogP contribution in [-0.4, -0.2) is 20.4 Å². The molecular weight excluding hydrogens is 120 g/mol. The molecule has 0 saturated heterocycles. The lowest BCUT2D eigenvalue weighted by atomic mass is 10.4. The first-order valence-electron chi connectivity index (χ1n) is 4.43. The molecule has 0 spiro atoms. The van der Waals surface area contributed by atoms with Crippen molar-refractivity contribution in [1.29, 1.82) is 0 Å². The van der Waals surface area contributed by atoms with Gasteiger partial charge in [-0.1, -0.05) is 39.0 Å². The van der Waals surface area contributed by atoms with E-state index in [1.54, 1.807) is 30.2 Å². The Morgan fingerprint density at radius 2 is 2.00 bits per heavy atom. The molecule has 0 bridgehead atoms. The van der Waals surface area contributed by atoms with Crippen molar-refractivity contribution in [2.75, 3.05) is 0 Å². The number of hydrogen-bond donors (Lipinski definition) is 0. The van der Waals surface area contributed by atoms with Crippen LogP contribution < -0.4 is 0 Å². The quantitative estimate of drug-likeness (QED) is 0.524. The van der Waals surface area contributed by atoms with Crippen molar-refractivity contribution < 1.29 is 0 Å². The fourth-order valence-electron chi connectivity index (χ4n) is 1.79. The first-order valence-corrected chi connectivity index (χ1v) is 6.25. The minimum atomic E-state index is 0.388. The Hall–Kier alpha value is 0.766. The lowest BCUT2D eigenvalue weighted by Crippen LogP contribution is -1.96. The van der Waals surface area contributed by atoms with Gasteiger partial charge >= 0.3 is 20.4 Å². The van der Waals surface area contributed by atoms with Crippen LogP contribution in [0.15, 0.2) is 0 Å². The van der Waals surface area contributed by atoms with Crippen molar-refractivity contribution >= 4 is 20.4 Å². The SMILES string of the molecule is CC[CH2][Mg][CH]1CCCC1. The summed E-state index contributed by atoms with van der Waals surface area (Å²) in [5, 5.41) is 0. The summed E-state index contributed by atoms with van der Waals surface area (Å²) in [6.07, 6.45) is 7.71. The predicted octanol–water partition coefficient (Wildman–Crippen LogP) is 2.88. The Morgan fingerprint density at radius 1 is 1.33 bits per heavy atom. The van der Waals surface area contributed by atoms with Gasteiger partial charge in [0.15, 0.2) is 0 Å². The molecule has 0 unspecified atom stereocenters. The van der Waals surface area contributed by atoms with Gasteiger partial charge in [-0.2, -0.15) is 0 Å². The molecule has 1 fully saturated rings. The zero-order chi connectivity index (χ0) is 6.53. The van der Waals surface area contributed by atoms with Gasteiger partial charge in [0.2, 0.25) is 0 Å². The lowest BCUT2D eigenvalue weighted by Gasteiger charge is -2.02. The molecule has 50 valence electrons. The van der Waals surface area contributed by atoms with Gasteiger partial charge in [-0.05, 0) is 0 Å². The zero-order valence-electron chi connectivity index (χ0n) is 6.53. The van der Waals surface area contributed by atoms with Gasteiger partial charge in [-0.15, -0.1) is 8.60 Å². The number of rotatable bonds is 3. The van der Waals surface area contributed by atoms with Gasteiger partial charge < -0.3 is 0 Å². The Balaban J connectivity index is 1.98. The molecular formula is C8H16Mg. The van der Waals surface area contributed by atoms with Gasteiger partial charge in [0.05, 0.1) is 0 Å². The third-order valence-corrected chi connectivity index (χ3v) is 5.19. The molecule has 0 nitrogen and oxygen atoms in total. The highest BCUT2D eigenvalue weighted by Gasteiger charge is 2.15. The smallest absolute Gasteiger partial charge is 0.146 e. The Bertz CT molecular complexity index is 65.0. The van der Waals surface area contributed by atoms with Gasteiger partial charge in [0.25, 0.3) is 0 Å². The molecule has 9 heavy (non-hydrogen) atoms. The maximum Gasteiger partial charge on any atom is 0.368 e. The highest BCUT2D eigenvalue weighted by atomic mass is 24.5. The summed E-state index contributed by atoms with van der Waals surface area (Å²) in [6, 6.07) is 0. The van der Waals surface area contributed by atoms with Crippen LogP contribution >= 0.6 is 0 Å². The van der Waals surface area contributed by atoms with Crippen LogP contribution in [0.1, 0.15) is 39.0 Å². The summed E-state index contributed by atoms with van der Waals surface area (Å²) < 4.78 is 2.86. The van der Waals surface area contributed by atoms with Crippen molar-refractivity contribution in [3.05, 3.63) is 0 Å². The maximum atomic E-state index is 2.32. The van der Waals surface area contributed by atoms with E-state index in [0.29, 0.717) is 20.4 Å². The normalized spacial score (nSPS) is 20.1. The van der Waals surface area contributed by atoms with Crippen LogP contribution in [0.4, 0.5) is 0 Å². The van der Waals surface area contributed by atoms with Gasteiger partial charge in [0.1, 0.15) is 0 Å². The minimum Gasteiger partial charge on any atom is -0.146 e.